The molecule has 1 aliphatic heterocycles. The predicted octanol–water partition coefficient (Wildman–Crippen LogP) is 0.349. The minimum atomic E-state index is -0.916. The first-order valence-electron chi connectivity index (χ1n) is 4.86. The zero-order chi connectivity index (χ0) is 12.4. The van der Waals surface area contributed by atoms with E-state index in [2.05, 4.69) is 9.97 Å². The molecule has 8 nitrogen and oxygen atoms in total. The fraction of sp³-hybridized carbons (Fsp3) is 0.500. The van der Waals surface area contributed by atoms with Gasteiger partial charge in [-0.3, -0.25) is 10.1 Å². The third-order valence-corrected chi connectivity index (χ3v) is 3.25. The van der Waals surface area contributed by atoms with E-state index in [1.165, 1.54) is 0 Å². The number of hydrogen-bond acceptors (Lipinski definition) is 8. The molecule has 17 heavy (non-hydrogen) atoms. The molecule has 1 aromatic heterocycles. The van der Waals surface area contributed by atoms with Gasteiger partial charge in [0.05, 0.1) is 4.92 Å². The van der Waals surface area contributed by atoms with Crippen molar-refractivity contribution in [3.05, 3.63) is 10.1 Å². The lowest BCUT2D eigenvalue weighted by atomic mass is 10.4. The molecule has 0 amide bonds. The minimum absolute atomic E-state index is 0.117. The summed E-state index contributed by atoms with van der Waals surface area (Å²) in [4.78, 5) is 18.6. The topological polar surface area (TPSA) is 113 Å². The second-order valence-electron chi connectivity index (χ2n) is 3.38. The summed E-state index contributed by atoms with van der Waals surface area (Å²) in [6.45, 7) is 1.36. The Bertz CT molecular complexity index is 426. The molecule has 0 spiro atoms. The van der Waals surface area contributed by atoms with E-state index in [1.807, 2.05) is 0 Å². The monoisotopic (exact) mass is 258 g/mol. The van der Waals surface area contributed by atoms with Crippen LogP contribution in [0.5, 0.6) is 11.8 Å². The second kappa shape index (κ2) is 4.62. The number of rotatable bonds is 2. The second-order valence-corrected chi connectivity index (χ2v) is 4.60. The highest BCUT2D eigenvalue weighted by Crippen LogP contribution is 2.33. The van der Waals surface area contributed by atoms with Crippen molar-refractivity contribution in [2.24, 2.45) is 0 Å². The van der Waals surface area contributed by atoms with Gasteiger partial charge in [-0.25, -0.2) is 0 Å². The molecule has 2 heterocycles. The Morgan fingerprint density at radius 1 is 1.24 bits per heavy atom. The van der Waals surface area contributed by atoms with Crippen molar-refractivity contribution in [2.45, 2.75) is 0 Å². The van der Waals surface area contributed by atoms with Gasteiger partial charge in [0, 0.05) is 24.6 Å². The van der Waals surface area contributed by atoms with Crippen molar-refractivity contribution in [1.82, 2.24) is 9.97 Å². The lowest BCUT2D eigenvalue weighted by molar-refractivity contribution is -0.387. The average Bonchev–Trinajstić information content (AvgIpc) is 2.28. The summed E-state index contributed by atoms with van der Waals surface area (Å²) in [5, 5.41) is 29.3. The molecule has 0 unspecified atom stereocenters. The largest absolute Gasteiger partial charge is 0.488 e. The summed E-state index contributed by atoms with van der Waals surface area (Å²) in [6.07, 6.45) is 0. The molecule has 0 atom stereocenters. The number of thioether (sulfide) groups is 1. The minimum Gasteiger partial charge on any atom is -0.488 e. The molecule has 0 radical (unpaired) electrons. The quantitative estimate of drug-likeness (QED) is 0.577. The van der Waals surface area contributed by atoms with E-state index in [0.717, 1.165) is 11.5 Å². The molecule has 92 valence electrons. The van der Waals surface area contributed by atoms with Gasteiger partial charge in [-0.15, -0.1) is 0 Å². The fourth-order valence-electron chi connectivity index (χ4n) is 1.49. The van der Waals surface area contributed by atoms with Crippen LogP contribution < -0.4 is 4.90 Å². The van der Waals surface area contributed by atoms with E-state index in [4.69, 9.17) is 0 Å². The van der Waals surface area contributed by atoms with Gasteiger partial charge in [-0.1, -0.05) is 0 Å². The summed E-state index contributed by atoms with van der Waals surface area (Å²) >= 11 is 1.78. The van der Waals surface area contributed by atoms with Crippen molar-refractivity contribution in [1.29, 1.82) is 0 Å². The van der Waals surface area contributed by atoms with Crippen LogP contribution in [0.4, 0.5) is 11.6 Å². The molecular weight excluding hydrogens is 248 g/mol. The standard InChI is InChI=1S/C8H10N4O4S/c13-6-5(12(15)16)7(14)10-8(9-6)11-1-3-17-4-2-11/h1-4H2,(H2,9,10,13,14). The lowest BCUT2D eigenvalue weighted by Crippen LogP contribution is -2.33. The van der Waals surface area contributed by atoms with Crippen molar-refractivity contribution >= 4 is 23.4 Å². The highest BCUT2D eigenvalue weighted by Gasteiger charge is 2.26. The smallest absolute Gasteiger partial charge is 0.392 e. The molecule has 0 bridgehead atoms. The molecule has 0 aliphatic carbocycles. The van der Waals surface area contributed by atoms with E-state index in [9.17, 15) is 20.3 Å². The summed E-state index contributed by atoms with van der Waals surface area (Å²) in [6, 6.07) is 0. The lowest BCUT2D eigenvalue weighted by Gasteiger charge is -2.26. The highest BCUT2D eigenvalue weighted by molar-refractivity contribution is 7.99. The third kappa shape index (κ3) is 2.33. The molecule has 2 rings (SSSR count). The Labute approximate surface area is 100 Å². The molecule has 9 heteroatoms. The van der Waals surface area contributed by atoms with Gasteiger partial charge in [0.25, 0.3) is 0 Å². The van der Waals surface area contributed by atoms with Gasteiger partial charge in [-0.2, -0.15) is 21.7 Å². The highest BCUT2D eigenvalue weighted by atomic mass is 32.2. The third-order valence-electron chi connectivity index (χ3n) is 2.31. The Hall–Kier alpha value is -1.77. The van der Waals surface area contributed by atoms with Crippen LogP contribution in [0.1, 0.15) is 0 Å². The summed E-state index contributed by atoms with van der Waals surface area (Å²) in [5.41, 5.74) is -0.861. The molecule has 2 N–H and O–H groups in total. The van der Waals surface area contributed by atoms with Crippen molar-refractivity contribution in [2.75, 3.05) is 29.5 Å². The van der Waals surface area contributed by atoms with Crippen LogP contribution in [-0.4, -0.2) is 49.7 Å². The van der Waals surface area contributed by atoms with Gasteiger partial charge < -0.3 is 15.1 Å². The zero-order valence-electron chi connectivity index (χ0n) is 8.74. The normalized spacial score (nSPS) is 15.9. The number of nitrogens with zero attached hydrogens (tertiary/aromatic N) is 4. The van der Waals surface area contributed by atoms with Crippen LogP contribution in [0.3, 0.4) is 0 Å². The summed E-state index contributed by atoms with van der Waals surface area (Å²) < 4.78 is 0. The van der Waals surface area contributed by atoms with E-state index in [1.54, 1.807) is 16.7 Å². The number of aromatic hydroxyl groups is 2. The Balaban J connectivity index is 2.34. The van der Waals surface area contributed by atoms with Gasteiger partial charge in [0.1, 0.15) is 0 Å². The maximum absolute atomic E-state index is 10.5. The summed E-state index contributed by atoms with van der Waals surface area (Å²) in [5.74, 6) is 0.279. The Kier molecular flexibility index (Phi) is 3.18. The van der Waals surface area contributed by atoms with E-state index in [-0.39, 0.29) is 5.95 Å². The van der Waals surface area contributed by atoms with Crippen LogP contribution in [0.25, 0.3) is 0 Å². The Morgan fingerprint density at radius 3 is 2.24 bits per heavy atom. The first-order chi connectivity index (χ1) is 8.09. The van der Waals surface area contributed by atoms with Crippen LogP contribution >= 0.6 is 11.8 Å². The van der Waals surface area contributed by atoms with Crippen LogP contribution in [0.2, 0.25) is 0 Å². The van der Waals surface area contributed by atoms with Crippen molar-refractivity contribution < 1.29 is 15.1 Å². The van der Waals surface area contributed by atoms with Crippen LogP contribution in [0.15, 0.2) is 0 Å². The van der Waals surface area contributed by atoms with Crippen molar-refractivity contribution in [3.63, 3.8) is 0 Å². The molecule has 0 saturated carbocycles. The maximum atomic E-state index is 10.5. The molecule has 1 fully saturated rings. The molecular formula is C8H10N4O4S. The van der Waals surface area contributed by atoms with Crippen LogP contribution in [0, 0.1) is 10.1 Å². The number of nitro groups is 1. The number of anilines is 1. The van der Waals surface area contributed by atoms with E-state index in [0.29, 0.717) is 13.1 Å². The number of hydrogen-bond donors (Lipinski definition) is 2. The van der Waals surface area contributed by atoms with E-state index < -0.39 is 22.4 Å². The first-order valence-corrected chi connectivity index (χ1v) is 6.02. The van der Waals surface area contributed by atoms with Crippen LogP contribution in [-0.2, 0) is 0 Å². The van der Waals surface area contributed by atoms with E-state index >= 15 is 0 Å². The molecule has 1 saturated heterocycles. The molecule has 1 aliphatic rings. The van der Waals surface area contributed by atoms with Crippen molar-refractivity contribution in [3.8, 4) is 11.8 Å². The van der Waals surface area contributed by atoms with Gasteiger partial charge in [0.2, 0.25) is 5.95 Å². The zero-order valence-corrected chi connectivity index (χ0v) is 9.55. The summed E-state index contributed by atoms with van der Waals surface area (Å²) in [7, 11) is 0. The fourth-order valence-corrected chi connectivity index (χ4v) is 2.39. The molecule has 1 aromatic rings. The average molecular weight is 258 g/mol. The van der Waals surface area contributed by atoms with Gasteiger partial charge >= 0.3 is 17.4 Å². The Morgan fingerprint density at radius 2 is 1.76 bits per heavy atom. The van der Waals surface area contributed by atoms with Gasteiger partial charge in [0.15, 0.2) is 0 Å². The SMILES string of the molecule is O=[N+]([O-])c1c(O)nc(N2CCSCC2)nc1O. The predicted molar refractivity (Wildman–Crippen MR) is 61.6 cm³/mol. The van der Waals surface area contributed by atoms with Gasteiger partial charge in [-0.05, 0) is 0 Å². The molecule has 0 aromatic carbocycles. The maximum Gasteiger partial charge on any atom is 0.392 e. The first kappa shape index (κ1) is 11.7. The number of aromatic nitrogens is 2.